The van der Waals surface area contributed by atoms with Crippen molar-refractivity contribution in [3.63, 3.8) is 0 Å². The molecule has 0 atom stereocenters. The van der Waals surface area contributed by atoms with Crippen molar-refractivity contribution in [1.82, 2.24) is 5.48 Å². The van der Waals surface area contributed by atoms with Gasteiger partial charge in [-0.1, -0.05) is 11.6 Å². The van der Waals surface area contributed by atoms with E-state index in [2.05, 4.69) is 33.4 Å². The summed E-state index contributed by atoms with van der Waals surface area (Å²) in [5.74, 6) is -1.03. The molecule has 0 unspecified atom stereocenters. The smallest absolute Gasteiger partial charge is 0.276 e. The van der Waals surface area contributed by atoms with Crippen LogP contribution in [0.15, 0.2) is 36.4 Å². The van der Waals surface area contributed by atoms with E-state index >= 15 is 0 Å². The van der Waals surface area contributed by atoms with E-state index in [0.717, 1.165) is 3.57 Å². The molecule has 3 N–H and O–H groups in total. The monoisotopic (exact) mass is 492 g/mol. The molecule has 2 aromatic carbocycles. The summed E-state index contributed by atoms with van der Waals surface area (Å²) in [5.41, 5.74) is 2.41. The number of rotatable bonds is 7. The number of hydroxylamine groups is 1. The summed E-state index contributed by atoms with van der Waals surface area (Å²) in [6.07, 6.45) is 0.347. The van der Waals surface area contributed by atoms with Crippen LogP contribution >= 0.6 is 34.2 Å². The van der Waals surface area contributed by atoms with Gasteiger partial charge < -0.3 is 10.4 Å². The number of anilines is 2. The molecule has 0 saturated heterocycles. The van der Waals surface area contributed by atoms with Crippen LogP contribution in [0.3, 0.4) is 0 Å². The van der Waals surface area contributed by atoms with Crippen LogP contribution in [0.1, 0.15) is 30.6 Å². The molecular weight excluding hydrogens is 474 g/mol. The lowest BCUT2D eigenvalue weighted by molar-refractivity contribution is -0.00569. The quantitative estimate of drug-likeness (QED) is 0.299. The number of nitrogens with one attached hydrogen (secondary N) is 2. The Morgan fingerprint density at radius 2 is 2.00 bits per heavy atom. The fourth-order valence-electron chi connectivity index (χ4n) is 2.03. The number of hydrogen-bond acceptors (Lipinski definition) is 4. The molecule has 0 aliphatic heterocycles. The lowest BCUT2D eigenvalue weighted by Crippen LogP contribution is -2.28. The molecule has 2 aromatic rings. The van der Waals surface area contributed by atoms with Gasteiger partial charge in [-0.05, 0) is 72.8 Å². The van der Waals surface area contributed by atoms with Crippen LogP contribution < -0.4 is 10.8 Å². The molecule has 0 radical (unpaired) electrons. The Morgan fingerprint density at radius 1 is 1.27 bits per heavy atom. The van der Waals surface area contributed by atoms with Crippen molar-refractivity contribution in [3.8, 4) is 0 Å². The zero-order chi connectivity index (χ0) is 19.3. The van der Waals surface area contributed by atoms with Crippen molar-refractivity contribution in [1.29, 1.82) is 0 Å². The van der Waals surface area contributed by atoms with Crippen molar-refractivity contribution in [3.05, 3.63) is 56.4 Å². The van der Waals surface area contributed by atoms with Gasteiger partial charge in [0.2, 0.25) is 0 Å². The molecule has 0 aliphatic carbocycles. The Hall–Kier alpha value is -1.42. The van der Waals surface area contributed by atoms with Crippen LogP contribution in [0.4, 0.5) is 15.8 Å². The summed E-state index contributed by atoms with van der Waals surface area (Å²) in [5, 5.41) is 13.1. The zero-order valence-corrected chi connectivity index (χ0v) is 17.2. The minimum atomic E-state index is -0.894. The second kappa shape index (κ2) is 8.98. The van der Waals surface area contributed by atoms with Crippen molar-refractivity contribution in [2.45, 2.75) is 25.9 Å². The summed E-state index contributed by atoms with van der Waals surface area (Å²) in [4.78, 5) is 17.4. The Kier molecular flexibility index (Phi) is 7.22. The summed E-state index contributed by atoms with van der Waals surface area (Å²) >= 11 is 8.32. The molecule has 2 rings (SSSR count). The molecule has 5 nitrogen and oxygen atoms in total. The second-order valence-electron chi connectivity index (χ2n) is 6.28. The molecule has 140 valence electrons. The Morgan fingerprint density at radius 3 is 2.65 bits per heavy atom. The Bertz CT molecular complexity index is 796. The minimum Gasteiger partial charge on any atom is -0.390 e. The Labute approximate surface area is 170 Å². The van der Waals surface area contributed by atoms with E-state index in [4.69, 9.17) is 16.4 Å². The van der Waals surface area contributed by atoms with Gasteiger partial charge in [0.15, 0.2) is 0 Å². The first-order chi connectivity index (χ1) is 12.2. The zero-order valence-electron chi connectivity index (χ0n) is 14.3. The van der Waals surface area contributed by atoms with Crippen LogP contribution in [0.25, 0.3) is 0 Å². The topological polar surface area (TPSA) is 70.6 Å². The fraction of sp³-hybridized carbons (Fsp3) is 0.278. The third kappa shape index (κ3) is 6.39. The van der Waals surface area contributed by atoms with E-state index in [1.54, 1.807) is 26.0 Å². The highest BCUT2D eigenvalue weighted by Crippen LogP contribution is 2.29. The highest BCUT2D eigenvalue weighted by Gasteiger charge is 2.16. The molecule has 0 saturated carbocycles. The predicted octanol–water partition coefficient (Wildman–Crippen LogP) is 4.65. The number of aliphatic hydroxyl groups is 1. The number of carbonyl (C=O) groups is 1. The summed E-state index contributed by atoms with van der Waals surface area (Å²) in [6, 6.07) is 9.09. The molecular formula is C18H19ClFIN2O3. The van der Waals surface area contributed by atoms with Gasteiger partial charge >= 0.3 is 0 Å². The van der Waals surface area contributed by atoms with Gasteiger partial charge in [0.1, 0.15) is 5.82 Å². The van der Waals surface area contributed by atoms with Crippen molar-refractivity contribution in [2.75, 3.05) is 11.9 Å². The minimum absolute atomic E-state index is 0.141. The first kappa shape index (κ1) is 20.9. The third-order valence-electron chi connectivity index (χ3n) is 3.41. The second-order valence-corrected chi connectivity index (χ2v) is 7.93. The SMILES string of the molecule is CC(C)(O)CCONC(=O)c1ccc(F)cc1Nc1ccc(I)cc1Cl. The lowest BCUT2D eigenvalue weighted by Gasteiger charge is -2.17. The maximum absolute atomic E-state index is 13.7. The van der Waals surface area contributed by atoms with Crippen molar-refractivity contribution in [2.24, 2.45) is 0 Å². The van der Waals surface area contributed by atoms with E-state index in [0.29, 0.717) is 17.1 Å². The average Bonchev–Trinajstić information content (AvgIpc) is 2.53. The normalized spacial score (nSPS) is 11.3. The van der Waals surface area contributed by atoms with Gasteiger partial charge in [-0.15, -0.1) is 0 Å². The van der Waals surface area contributed by atoms with Gasteiger partial charge in [0, 0.05) is 9.99 Å². The maximum Gasteiger partial charge on any atom is 0.276 e. The third-order valence-corrected chi connectivity index (χ3v) is 4.39. The molecule has 0 heterocycles. The van der Waals surface area contributed by atoms with E-state index in [-0.39, 0.29) is 17.9 Å². The molecule has 0 fully saturated rings. The van der Waals surface area contributed by atoms with Gasteiger partial charge in [-0.2, -0.15) is 0 Å². The number of amides is 1. The molecule has 0 aliphatic rings. The van der Waals surface area contributed by atoms with Gasteiger partial charge in [-0.25, -0.2) is 9.87 Å². The number of benzene rings is 2. The van der Waals surface area contributed by atoms with Crippen molar-refractivity contribution < 1.29 is 19.1 Å². The van der Waals surface area contributed by atoms with E-state index < -0.39 is 17.3 Å². The van der Waals surface area contributed by atoms with Gasteiger partial charge in [0.25, 0.3) is 5.91 Å². The number of halogens is 3. The van der Waals surface area contributed by atoms with Crippen LogP contribution in [0.2, 0.25) is 5.02 Å². The van der Waals surface area contributed by atoms with E-state index in [9.17, 15) is 14.3 Å². The fourth-order valence-corrected chi connectivity index (χ4v) is 2.93. The highest BCUT2D eigenvalue weighted by atomic mass is 127. The molecule has 0 bridgehead atoms. The van der Waals surface area contributed by atoms with Crippen LogP contribution in [-0.4, -0.2) is 23.2 Å². The first-order valence-corrected chi connectivity index (χ1v) is 9.27. The molecule has 0 aromatic heterocycles. The van der Waals surface area contributed by atoms with Gasteiger partial charge in [-0.3, -0.25) is 9.63 Å². The Balaban J connectivity index is 2.12. The summed E-state index contributed by atoms with van der Waals surface area (Å²) in [6.45, 7) is 3.43. The van der Waals surface area contributed by atoms with Gasteiger partial charge in [0.05, 0.1) is 34.2 Å². The average molecular weight is 493 g/mol. The largest absolute Gasteiger partial charge is 0.390 e. The number of hydrogen-bond donors (Lipinski definition) is 3. The van der Waals surface area contributed by atoms with E-state index in [1.807, 2.05) is 6.07 Å². The standard InChI is InChI=1S/C18H19ClFIN2O3/c1-18(2,25)7-8-26-23-17(24)13-5-3-11(20)9-16(13)22-15-6-4-12(21)10-14(15)19/h3-6,9-10,22,25H,7-8H2,1-2H3,(H,23,24). The molecule has 26 heavy (non-hydrogen) atoms. The van der Waals surface area contributed by atoms with Crippen LogP contribution in [0, 0.1) is 9.39 Å². The summed E-state index contributed by atoms with van der Waals surface area (Å²) < 4.78 is 14.6. The predicted molar refractivity (Wildman–Crippen MR) is 108 cm³/mol. The maximum atomic E-state index is 13.7. The van der Waals surface area contributed by atoms with Crippen molar-refractivity contribution >= 4 is 51.5 Å². The number of carbonyl (C=O) groups excluding carboxylic acids is 1. The molecule has 8 heteroatoms. The van der Waals surface area contributed by atoms with E-state index in [1.165, 1.54) is 18.2 Å². The first-order valence-electron chi connectivity index (χ1n) is 7.82. The highest BCUT2D eigenvalue weighted by molar-refractivity contribution is 14.1. The van der Waals surface area contributed by atoms with Crippen LogP contribution in [0.5, 0.6) is 0 Å². The van der Waals surface area contributed by atoms with Crippen LogP contribution in [-0.2, 0) is 4.84 Å². The summed E-state index contributed by atoms with van der Waals surface area (Å²) in [7, 11) is 0. The lowest BCUT2D eigenvalue weighted by atomic mass is 10.1. The molecule has 0 spiro atoms. The molecule has 1 amide bonds.